The van der Waals surface area contributed by atoms with Crippen LogP contribution in [0.15, 0.2) is 42.1 Å². The molecule has 0 saturated carbocycles. The van der Waals surface area contributed by atoms with E-state index in [4.69, 9.17) is 0 Å². The number of aliphatic hydroxyl groups is 1. The average Bonchev–Trinajstić information content (AvgIpc) is 2.85. The predicted molar refractivity (Wildman–Crippen MR) is 86.9 cm³/mol. The SMILES string of the molecule is CC(C)=CC(O)CNC(Cc1c[nH]c2ccccc12)C(=O)O. The Labute approximate surface area is 129 Å². The smallest absolute Gasteiger partial charge is 0.321 e. The Bertz CT molecular complexity index is 671. The number of aromatic nitrogens is 1. The molecule has 118 valence electrons. The Kier molecular flexibility index (Phi) is 5.35. The van der Waals surface area contributed by atoms with Crippen LogP contribution in [0.4, 0.5) is 0 Å². The van der Waals surface area contributed by atoms with E-state index in [1.807, 2.05) is 44.3 Å². The summed E-state index contributed by atoms with van der Waals surface area (Å²) in [6.45, 7) is 4.00. The van der Waals surface area contributed by atoms with E-state index in [0.29, 0.717) is 6.42 Å². The number of rotatable bonds is 7. The van der Waals surface area contributed by atoms with Gasteiger partial charge in [-0.05, 0) is 25.5 Å². The molecule has 2 aromatic rings. The van der Waals surface area contributed by atoms with Crippen LogP contribution in [0.1, 0.15) is 19.4 Å². The van der Waals surface area contributed by atoms with E-state index in [-0.39, 0.29) is 6.54 Å². The third-order valence-electron chi connectivity index (χ3n) is 3.50. The summed E-state index contributed by atoms with van der Waals surface area (Å²) in [4.78, 5) is 14.6. The molecule has 1 aromatic heterocycles. The van der Waals surface area contributed by atoms with E-state index in [9.17, 15) is 15.0 Å². The number of fused-ring (bicyclic) bond motifs is 1. The van der Waals surface area contributed by atoms with Gasteiger partial charge in [0.15, 0.2) is 0 Å². The minimum absolute atomic E-state index is 0.213. The third kappa shape index (κ3) is 4.19. The summed E-state index contributed by atoms with van der Waals surface area (Å²) in [6.07, 6.45) is 3.22. The number of H-pyrrole nitrogens is 1. The molecule has 0 aliphatic heterocycles. The Morgan fingerprint density at radius 3 is 2.77 bits per heavy atom. The van der Waals surface area contributed by atoms with Crippen LogP contribution in [-0.2, 0) is 11.2 Å². The molecule has 0 fully saturated rings. The highest BCUT2D eigenvalue weighted by Gasteiger charge is 2.19. The molecule has 0 radical (unpaired) electrons. The third-order valence-corrected chi connectivity index (χ3v) is 3.50. The van der Waals surface area contributed by atoms with Gasteiger partial charge in [-0.25, -0.2) is 0 Å². The first-order valence-corrected chi connectivity index (χ1v) is 7.31. The number of hydrogen-bond acceptors (Lipinski definition) is 3. The number of nitrogens with one attached hydrogen (secondary N) is 2. The van der Waals surface area contributed by atoms with Crippen molar-refractivity contribution in [3.05, 3.63) is 47.7 Å². The van der Waals surface area contributed by atoms with Crippen molar-refractivity contribution >= 4 is 16.9 Å². The summed E-state index contributed by atoms with van der Waals surface area (Å²) in [5.74, 6) is -0.922. The van der Waals surface area contributed by atoms with Crippen LogP contribution in [0, 0.1) is 0 Å². The predicted octanol–water partition coefficient (Wildman–Crippen LogP) is 2.08. The fourth-order valence-corrected chi connectivity index (χ4v) is 2.47. The lowest BCUT2D eigenvalue weighted by molar-refractivity contribution is -0.139. The summed E-state index contributed by atoms with van der Waals surface area (Å²) >= 11 is 0. The molecule has 2 unspecified atom stereocenters. The molecule has 5 nitrogen and oxygen atoms in total. The maximum atomic E-state index is 11.4. The number of aromatic amines is 1. The maximum absolute atomic E-state index is 11.4. The van der Waals surface area contributed by atoms with Crippen LogP contribution in [0.25, 0.3) is 10.9 Å². The van der Waals surface area contributed by atoms with Crippen LogP contribution in [0.3, 0.4) is 0 Å². The van der Waals surface area contributed by atoms with Crippen molar-refractivity contribution in [3.8, 4) is 0 Å². The summed E-state index contributed by atoms with van der Waals surface area (Å²) in [5, 5.41) is 23.1. The number of allylic oxidation sites excluding steroid dienone is 1. The van der Waals surface area contributed by atoms with Gasteiger partial charge in [0.05, 0.1) is 6.10 Å². The first-order valence-electron chi connectivity index (χ1n) is 7.31. The zero-order chi connectivity index (χ0) is 16.1. The molecule has 1 heterocycles. The van der Waals surface area contributed by atoms with Crippen molar-refractivity contribution in [2.45, 2.75) is 32.4 Å². The van der Waals surface area contributed by atoms with Gasteiger partial charge in [-0.3, -0.25) is 4.79 Å². The Balaban J connectivity index is 2.06. The number of benzene rings is 1. The lowest BCUT2D eigenvalue weighted by atomic mass is 10.0. The number of aliphatic hydroxyl groups excluding tert-OH is 1. The molecule has 0 aliphatic rings. The highest BCUT2D eigenvalue weighted by Crippen LogP contribution is 2.19. The van der Waals surface area contributed by atoms with Crippen molar-refractivity contribution in [3.63, 3.8) is 0 Å². The van der Waals surface area contributed by atoms with Crippen LogP contribution in [0.2, 0.25) is 0 Å². The zero-order valence-electron chi connectivity index (χ0n) is 12.8. The highest BCUT2D eigenvalue weighted by atomic mass is 16.4. The minimum Gasteiger partial charge on any atom is -0.480 e. The fourth-order valence-electron chi connectivity index (χ4n) is 2.47. The van der Waals surface area contributed by atoms with E-state index < -0.39 is 18.1 Å². The van der Waals surface area contributed by atoms with E-state index >= 15 is 0 Å². The second kappa shape index (κ2) is 7.24. The van der Waals surface area contributed by atoms with Crippen molar-refractivity contribution in [1.82, 2.24) is 10.3 Å². The molecule has 1 aromatic carbocycles. The molecule has 0 aliphatic carbocycles. The fraction of sp³-hybridized carbons (Fsp3) is 0.353. The van der Waals surface area contributed by atoms with Gasteiger partial charge in [0.2, 0.25) is 0 Å². The van der Waals surface area contributed by atoms with Gasteiger partial charge < -0.3 is 20.5 Å². The summed E-state index contributed by atoms with van der Waals surface area (Å²) in [5.41, 5.74) is 2.94. The molecular formula is C17H22N2O3. The van der Waals surface area contributed by atoms with Crippen molar-refractivity contribution in [1.29, 1.82) is 0 Å². The maximum Gasteiger partial charge on any atom is 0.321 e. The first-order chi connectivity index (χ1) is 10.5. The molecular weight excluding hydrogens is 280 g/mol. The van der Waals surface area contributed by atoms with Crippen LogP contribution in [-0.4, -0.2) is 39.9 Å². The Morgan fingerprint density at radius 1 is 1.36 bits per heavy atom. The molecule has 0 amide bonds. The van der Waals surface area contributed by atoms with Gasteiger partial charge in [0.1, 0.15) is 6.04 Å². The number of carbonyl (C=O) groups is 1. The van der Waals surface area contributed by atoms with Gasteiger partial charge in [-0.1, -0.05) is 29.8 Å². The highest BCUT2D eigenvalue weighted by molar-refractivity contribution is 5.84. The van der Waals surface area contributed by atoms with Gasteiger partial charge in [0, 0.05) is 30.1 Å². The zero-order valence-corrected chi connectivity index (χ0v) is 12.8. The monoisotopic (exact) mass is 302 g/mol. The van der Waals surface area contributed by atoms with Gasteiger partial charge in [-0.15, -0.1) is 0 Å². The molecule has 2 rings (SSSR count). The molecule has 0 spiro atoms. The number of para-hydroxylation sites is 1. The van der Waals surface area contributed by atoms with E-state index in [1.54, 1.807) is 6.08 Å². The van der Waals surface area contributed by atoms with E-state index in [0.717, 1.165) is 22.0 Å². The number of carboxylic acids is 1. The van der Waals surface area contributed by atoms with Gasteiger partial charge >= 0.3 is 5.97 Å². The summed E-state index contributed by atoms with van der Waals surface area (Å²) in [7, 11) is 0. The largest absolute Gasteiger partial charge is 0.480 e. The second-order valence-electron chi connectivity index (χ2n) is 5.67. The summed E-state index contributed by atoms with van der Waals surface area (Å²) in [6, 6.07) is 7.06. The minimum atomic E-state index is -0.922. The number of aliphatic carboxylic acids is 1. The Hall–Kier alpha value is -2.11. The molecule has 0 saturated heterocycles. The standard InChI is InChI=1S/C17H22N2O3/c1-11(2)7-13(20)10-19-16(17(21)22)8-12-9-18-15-6-4-3-5-14(12)15/h3-7,9,13,16,18-20H,8,10H2,1-2H3,(H,21,22). The van der Waals surface area contributed by atoms with Gasteiger partial charge in [0.25, 0.3) is 0 Å². The molecule has 22 heavy (non-hydrogen) atoms. The molecule has 0 bridgehead atoms. The van der Waals surface area contributed by atoms with Crippen molar-refractivity contribution in [2.75, 3.05) is 6.54 Å². The molecule has 4 N–H and O–H groups in total. The van der Waals surface area contributed by atoms with Crippen LogP contribution < -0.4 is 5.32 Å². The second-order valence-corrected chi connectivity index (χ2v) is 5.67. The lowest BCUT2D eigenvalue weighted by Crippen LogP contribution is -2.42. The van der Waals surface area contributed by atoms with Crippen molar-refractivity contribution in [2.24, 2.45) is 0 Å². The molecule has 5 heteroatoms. The lowest BCUT2D eigenvalue weighted by Gasteiger charge is -2.16. The van der Waals surface area contributed by atoms with Gasteiger partial charge in [-0.2, -0.15) is 0 Å². The normalized spacial score (nSPS) is 13.8. The number of carboxylic acid groups (broad SMARTS) is 1. The van der Waals surface area contributed by atoms with Crippen molar-refractivity contribution < 1.29 is 15.0 Å². The Morgan fingerprint density at radius 2 is 2.09 bits per heavy atom. The molecule has 2 atom stereocenters. The van der Waals surface area contributed by atoms with Crippen LogP contribution in [0.5, 0.6) is 0 Å². The topological polar surface area (TPSA) is 85.4 Å². The van der Waals surface area contributed by atoms with E-state index in [1.165, 1.54) is 0 Å². The van der Waals surface area contributed by atoms with E-state index in [2.05, 4.69) is 10.3 Å². The number of hydrogen-bond donors (Lipinski definition) is 4. The average molecular weight is 302 g/mol. The quantitative estimate of drug-likeness (QED) is 0.590. The first kappa shape index (κ1) is 16.3. The summed E-state index contributed by atoms with van der Waals surface area (Å²) < 4.78 is 0. The van der Waals surface area contributed by atoms with Crippen LogP contribution >= 0.6 is 0 Å².